The molecule has 0 aromatic heterocycles. The number of carbonyl (C=O) groups is 1. The molecular weight excluding hydrogens is 365 g/mol. The molecule has 2 aliphatic heterocycles. The fraction of sp³-hybridized carbons (Fsp3) is 0.375. The second-order valence-corrected chi connectivity index (χ2v) is 5.15. The van der Waals surface area contributed by atoms with Gasteiger partial charge < -0.3 is 15.7 Å². The molecule has 1 atom stereocenters. The number of aliphatic carboxylic acids is 1. The topological polar surface area (TPSA) is 121 Å². The smallest absolute Gasteiger partial charge is 0.329 e. The Hall–Kier alpha value is -0.446. The van der Waals surface area contributed by atoms with Crippen LogP contribution in [0.1, 0.15) is 0 Å². The van der Waals surface area contributed by atoms with Crippen LogP contribution in [0.5, 0.6) is 0 Å². The Morgan fingerprint density at radius 3 is 2.79 bits per heavy atom. The summed E-state index contributed by atoms with van der Waals surface area (Å²) >= 11 is 2.55. The van der Waals surface area contributed by atoms with E-state index in [2.05, 4.69) is 25.3 Å². The van der Waals surface area contributed by atoms with Crippen molar-refractivity contribution in [3.63, 3.8) is 0 Å². The molecule has 1 radical (unpaired) electrons. The molecular formula is C8H7N6O2S2Y-. The van der Waals surface area contributed by atoms with Gasteiger partial charge in [0.1, 0.15) is 15.1 Å². The molecule has 0 amide bonds. The van der Waals surface area contributed by atoms with Crippen LogP contribution in [0.15, 0.2) is 25.3 Å². The summed E-state index contributed by atoms with van der Waals surface area (Å²) in [7, 11) is 1.57. The number of rotatable bonds is 3. The van der Waals surface area contributed by atoms with Gasteiger partial charge in [-0.15, -0.1) is 11.8 Å². The van der Waals surface area contributed by atoms with E-state index in [1.165, 1.54) is 23.5 Å². The van der Waals surface area contributed by atoms with Gasteiger partial charge in [-0.3, -0.25) is 15.2 Å². The van der Waals surface area contributed by atoms with Gasteiger partial charge in [0.25, 0.3) is 0 Å². The molecule has 0 saturated heterocycles. The third-order valence-corrected chi connectivity index (χ3v) is 4.27. The Labute approximate surface area is 142 Å². The van der Waals surface area contributed by atoms with Gasteiger partial charge in [-0.25, -0.2) is 9.79 Å². The number of hydrogen-bond donors (Lipinski definition) is 1. The standard InChI is InChI=1S/C8H7N6O2S2.Y/c1-10-5-4(13-14-9)12-7(18-5)6-11-3(2-17-6)8(15)16;/h3H,2H2,1H3,(H,15,16);/q-1;/b10-5?,13-4+;. The van der Waals surface area contributed by atoms with Crippen LogP contribution < -0.4 is 0 Å². The predicted octanol–water partition coefficient (Wildman–Crippen LogP) is 1.09. The second kappa shape index (κ2) is 7.37. The number of carboxylic acids is 1. The predicted molar refractivity (Wildman–Crippen MR) is 72.9 cm³/mol. The summed E-state index contributed by atoms with van der Waals surface area (Å²) in [5.41, 5.74) is 8.40. The van der Waals surface area contributed by atoms with Crippen LogP contribution in [0.2, 0.25) is 0 Å². The number of nitrogens with zero attached hydrogens (tertiary/aromatic N) is 6. The van der Waals surface area contributed by atoms with Gasteiger partial charge in [0.2, 0.25) is 0 Å². The minimum atomic E-state index is -0.954. The molecule has 0 fully saturated rings. The molecule has 0 spiro atoms. The molecule has 8 nitrogen and oxygen atoms in total. The Balaban J connectivity index is 0.00000180. The van der Waals surface area contributed by atoms with Crippen LogP contribution in [0.4, 0.5) is 0 Å². The molecule has 97 valence electrons. The first-order valence-corrected chi connectivity index (χ1v) is 6.55. The molecule has 0 saturated carbocycles. The molecule has 2 rings (SSSR count). The van der Waals surface area contributed by atoms with Crippen molar-refractivity contribution < 1.29 is 42.6 Å². The number of hydrogen-bond acceptors (Lipinski definition) is 6. The first-order valence-electron chi connectivity index (χ1n) is 4.75. The number of thioether (sulfide) groups is 2. The molecule has 1 N–H and O–H groups in total. The molecule has 0 aromatic rings. The van der Waals surface area contributed by atoms with Crippen molar-refractivity contribution >= 4 is 50.5 Å². The third-order valence-electron chi connectivity index (χ3n) is 2.05. The van der Waals surface area contributed by atoms with Crippen LogP contribution in [0.3, 0.4) is 0 Å². The monoisotopic (exact) mass is 372 g/mol. The summed E-state index contributed by atoms with van der Waals surface area (Å²) in [6.45, 7) is 0. The molecule has 0 aliphatic carbocycles. The van der Waals surface area contributed by atoms with E-state index in [-0.39, 0.29) is 38.5 Å². The Kier molecular flexibility index (Phi) is 6.44. The number of amidine groups is 1. The maximum atomic E-state index is 10.8. The average molecular weight is 372 g/mol. The van der Waals surface area contributed by atoms with Gasteiger partial charge in [-0.1, -0.05) is 0 Å². The van der Waals surface area contributed by atoms with E-state index in [0.717, 1.165) is 0 Å². The van der Waals surface area contributed by atoms with E-state index in [1.54, 1.807) is 7.05 Å². The fourth-order valence-electron chi connectivity index (χ4n) is 1.27. The molecule has 19 heavy (non-hydrogen) atoms. The van der Waals surface area contributed by atoms with E-state index >= 15 is 0 Å². The van der Waals surface area contributed by atoms with Gasteiger partial charge in [0.05, 0.1) is 5.84 Å². The first-order chi connectivity index (χ1) is 8.65. The Morgan fingerprint density at radius 1 is 1.53 bits per heavy atom. The van der Waals surface area contributed by atoms with Crippen molar-refractivity contribution in [1.82, 2.24) is 0 Å². The minimum absolute atomic E-state index is 0. The van der Waals surface area contributed by atoms with Crippen LogP contribution in [0, 0.1) is 0 Å². The van der Waals surface area contributed by atoms with E-state index in [1.807, 2.05) is 0 Å². The van der Waals surface area contributed by atoms with Gasteiger partial charge >= 0.3 is 5.97 Å². The number of carboxylic acid groups (broad SMARTS) is 1. The second-order valence-electron chi connectivity index (χ2n) is 3.16. The molecule has 2 aliphatic rings. The van der Waals surface area contributed by atoms with Crippen LogP contribution in [0.25, 0.3) is 5.53 Å². The fourth-order valence-corrected chi connectivity index (χ4v) is 3.20. The molecule has 0 bridgehead atoms. The largest absolute Gasteiger partial charge is 0.480 e. The van der Waals surface area contributed by atoms with Crippen LogP contribution in [-0.2, 0) is 37.5 Å². The summed E-state index contributed by atoms with van der Waals surface area (Å²) < 4.78 is 0. The van der Waals surface area contributed by atoms with Gasteiger partial charge in [-0.05, 0) is 11.8 Å². The maximum absolute atomic E-state index is 10.8. The zero-order valence-electron chi connectivity index (χ0n) is 9.72. The molecule has 0 aromatic carbocycles. The molecule has 11 heteroatoms. The zero-order valence-corrected chi connectivity index (χ0v) is 14.2. The van der Waals surface area contributed by atoms with Crippen molar-refractivity contribution in [1.29, 1.82) is 0 Å². The van der Waals surface area contributed by atoms with E-state index in [9.17, 15) is 4.79 Å². The maximum Gasteiger partial charge on any atom is 0.329 e. The van der Waals surface area contributed by atoms with Crippen molar-refractivity contribution in [3.05, 3.63) is 5.53 Å². The van der Waals surface area contributed by atoms with Crippen molar-refractivity contribution in [3.8, 4) is 0 Å². The van der Waals surface area contributed by atoms with Crippen molar-refractivity contribution in [2.45, 2.75) is 6.04 Å². The van der Waals surface area contributed by atoms with Crippen molar-refractivity contribution in [2.75, 3.05) is 12.8 Å². The summed E-state index contributed by atoms with van der Waals surface area (Å²) in [4.78, 5) is 22.9. The minimum Gasteiger partial charge on any atom is -0.480 e. The normalized spacial score (nSPS) is 26.1. The van der Waals surface area contributed by atoms with Crippen molar-refractivity contribution in [2.24, 2.45) is 25.3 Å². The molecule has 1 unspecified atom stereocenters. The molecule has 2 heterocycles. The first kappa shape index (κ1) is 16.6. The Morgan fingerprint density at radius 2 is 2.26 bits per heavy atom. The quantitative estimate of drug-likeness (QED) is 0.589. The zero-order chi connectivity index (χ0) is 13.1. The average Bonchev–Trinajstić information content (AvgIpc) is 2.94. The van der Waals surface area contributed by atoms with Crippen LogP contribution >= 0.6 is 23.5 Å². The number of aliphatic imine (C=N–C) groups is 3. The summed E-state index contributed by atoms with van der Waals surface area (Å²) in [5.74, 6) is -0.369. The van der Waals surface area contributed by atoms with E-state index < -0.39 is 12.0 Å². The van der Waals surface area contributed by atoms with Gasteiger partial charge in [0.15, 0.2) is 6.04 Å². The summed E-state index contributed by atoms with van der Waals surface area (Å²) in [5, 5.41) is 16.5. The van der Waals surface area contributed by atoms with E-state index in [0.29, 0.717) is 20.9 Å². The van der Waals surface area contributed by atoms with Gasteiger partial charge in [-0.2, -0.15) is 0 Å². The SMILES string of the molecule is CN=C1SC(C2=NC(C(=O)O)CS2)=N/C1=N/N=[N-].[Y]. The third kappa shape index (κ3) is 3.77. The van der Waals surface area contributed by atoms with Gasteiger partial charge in [0, 0.05) is 45.5 Å². The summed E-state index contributed by atoms with van der Waals surface area (Å²) in [6, 6.07) is -0.737. The van der Waals surface area contributed by atoms with Crippen LogP contribution in [-0.4, -0.2) is 50.9 Å². The van der Waals surface area contributed by atoms with E-state index in [4.69, 9.17) is 10.6 Å². The summed E-state index contributed by atoms with van der Waals surface area (Å²) in [6.07, 6.45) is 0. The Bertz CT molecular complexity index is 529.